The van der Waals surface area contributed by atoms with Gasteiger partial charge in [-0.3, -0.25) is 4.79 Å². The van der Waals surface area contributed by atoms with Crippen LogP contribution in [0, 0.1) is 0 Å². The van der Waals surface area contributed by atoms with Crippen molar-refractivity contribution in [1.82, 2.24) is 0 Å². The minimum absolute atomic E-state index is 0.299. The fraction of sp³-hybridized carbons (Fsp3) is 0.0714. The molecule has 2 aromatic rings. The molecule has 0 saturated carbocycles. The summed E-state index contributed by atoms with van der Waals surface area (Å²) in [5.74, 6) is 0.584. The van der Waals surface area contributed by atoms with Crippen LogP contribution in [-0.4, -0.2) is 6.41 Å². The SMILES string of the molecule is O=CNc1ccccc1OCc1ccc(Cl)cc1Cl. The molecule has 0 heterocycles. The highest BCUT2D eigenvalue weighted by Crippen LogP contribution is 2.26. The Morgan fingerprint density at radius 1 is 1.16 bits per heavy atom. The first kappa shape index (κ1) is 13.7. The number of nitrogens with one attached hydrogen (secondary N) is 1. The van der Waals surface area contributed by atoms with Crippen LogP contribution in [0.3, 0.4) is 0 Å². The Hall–Kier alpha value is -1.71. The van der Waals surface area contributed by atoms with Crippen LogP contribution < -0.4 is 10.1 Å². The summed E-state index contributed by atoms with van der Waals surface area (Å²) in [5.41, 5.74) is 1.44. The van der Waals surface area contributed by atoms with Gasteiger partial charge in [-0.15, -0.1) is 0 Å². The van der Waals surface area contributed by atoms with E-state index in [1.54, 1.807) is 30.3 Å². The van der Waals surface area contributed by atoms with E-state index in [0.29, 0.717) is 34.5 Å². The number of carbonyl (C=O) groups excluding carboxylic acids is 1. The Morgan fingerprint density at radius 2 is 1.95 bits per heavy atom. The van der Waals surface area contributed by atoms with Crippen LogP contribution >= 0.6 is 23.2 Å². The van der Waals surface area contributed by atoms with E-state index in [2.05, 4.69) is 5.32 Å². The molecule has 0 aliphatic rings. The lowest BCUT2D eigenvalue weighted by atomic mass is 10.2. The van der Waals surface area contributed by atoms with Crippen LogP contribution in [0.15, 0.2) is 42.5 Å². The zero-order valence-electron chi connectivity index (χ0n) is 9.90. The highest BCUT2D eigenvalue weighted by molar-refractivity contribution is 6.35. The molecule has 0 aliphatic carbocycles. The second kappa shape index (κ2) is 6.45. The summed E-state index contributed by atoms with van der Waals surface area (Å²) in [6.07, 6.45) is 0.609. The van der Waals surface area contributed by atoms with Crippen molar-refractivity contribution < 1.29 is 9.53 Å². The highest BCUT2D eigenvalue weighted by atomic mass is 35.5. The Kier molecular flexibility index (Phi) is 4.66. The first-order valence-corrected chi connectivity index (χ1v) is 6.32. The number of anilines is 1. The highest BCUT2D eigenvalue weighted by Gasteiger charge is 2.05. The van der Waals surface area contributed by atoms with Gasteiger partial charge in [-0.05, 0) is 24.3 Å². The van der Waals surface area contributed by atoms with Crippen LogP contribution in [-0.2, 0) is 11.4 Å². The van der Waals surface area contributed by atoms with E-state index in [9.17, 15) is 4.79 Å². The minimum Gasteiger partial charge on any atom is -0.487 e. The molecule has 0 spiro atoms. The van der Waals surface area contributed by atoms with Crippen molar-refractivity contribution in [2.45, 2.75) is 6.61 Å². The normalized spacial score (nSPS) is 10.0. The number of hydrogen-bond acceptors (Lipinski definition) is 2. The second-order valence-electron chi connectivity index (χ2n) is 3.78. The third-order valence-electron chi connectivity index (χ3n) is 2.50. The van der Waals surface area contributed by atoms with Gasteiger partial charge in [0, 0.05) is 15.6 Å². The number of benzene rings is 2. The summed E-state index contributed by atoms with van der Waals surface area (Å²) in [6, 6.07) is 12.4. The average molecular weight is 296 g/mol. The van der Waals surface area contributed by atoms with Crippen LogP contribution in [0.2, 0.25) is 10.0 Å². The van der Waals surface area contributed by atoms with Crippen LogP contribution in [0.1, 0.15) is 5.56 Å². The molecule has 5 heteroatoms. The molecule has 0 aliphatic heterocycles. The maximum absolute atomic E-state index is 10.5. The van der Waals surface area contributed by atoms with E-state index >= 15 is 0 Å². The van der Waals surface area contributed by atoms with Gasteiger partial charge in [0.05, 0.1) is 5.69 Å². The molecule has 98 valence electrons. The molecule has 0 unspecified atom stereocenters. The van der Waals surface area contributed by atoms with Crippen molar-refractivity contribution in [2.24, 2.45) is 0 Å². The smallest absolute Gasteiger partial charge is 0.211 e. The van der Waals surface area contributed by atoms with Gasteiger partial charge in [0.2, 0.25) is 6.41 Å². The Balaban J connectivity index is 2.12. The number of hydrogen-bond donors (Lipinski definition) is 1. The zero-order valence-corrected chi connectivity index (χ0v) is 11.4. The van der Waals surface area contributed by atoms with Gasteiger partial charge in [-0.1, -0.05) is 41.4 Å². The van der Waals surface area contributed by atoms with E-state index in [0.717, 1.165) is 5.56 Å². The van der Waals surface area contributed by atoms with Crippen molar-refractivity contribution in [3.05, 3.63) is 58.1 Å². The van der Waals surface area contributed by atoms with Crippen LogP contribution in [0.5, 0.6) is 5.75 Å². The summed E-state index contributed by atoms with van der Waals surface area (Å²) >= 11 is 11.9. The van der Waals surface area contributed by atoms with E-state index in [1.807, 2.05) is 12.1 Å². The maximum atomic E-state index is 10.5. The standard InChI is InChI=1S/C14H11Cl2NO2/c15-11-6-5-10(12(16)7-11)8-19-14-4-2-1-3-13(14)17-9-18/h1-7,9H,8H2,(H,17,18). The van der Waals surface area contributed by atoms with Gasteiger partial charge in [-0.2, -0.15) is 0 Å². The Bertz CT molecular complexity index is 587. The van der Waals surface area contributed by atoms with Crippen molar-refractivity contribution >= 4 is 35.3 Å². The Morgan fingerprint density at radius 3 is 2.68 bits per heavy atom. The summed E-state index contributed by atoms with van der Waals surface area (Å²) in [5, 5.41) is 3.71. The van der Waals surface area contributed by atoms with E-state index in [4.69, 9.17) is 27.9 Å². The number of para-hydroxylation sites is 2. The van der Waals surface area contributed by atoms with Crippen LogP contribution in [0.4, 0.5) is 5.69 Å². The summed E-state index contributed by atoms with van der Waals surface area (Å²) in [7, 11) is 0. The summed E-state index contributed by atoms with van der Waals surface area (Å²) in [4.78, 5) is 10.5. The van der Waals surface area contributed by atoms with Gasteiger partial charge in [-0.25, -0.2) is 0 Å². The molecule has 0 fully saturated rings. The minimum atomic E-state index is 0.299. The lowest BCUT2D eigenvalue weighted by Gasteiger charge is -2.11. The number of halogens is 2. The van der Waals surface area contributed by atoms with Gasteiger partial charge < -0.3 is 10.1 Å². The van der Waals surface area contributed by atoms with Crippen LogP contribution in [0.25, 0.3) is 0 Å². The predicted molar refractivity (Wildman–Crippen MR) is 76.9 cm³/mol. The monoisotopic (exact) mass is 295 g/mol. The molecule has 0 saturated heterocycles. The molecule has 2 rings (SSSR count). The average Bonchev–Trinajstić information content (AvgIpc) is 2.40. The molecular weight excluding hydrogens is 285 g/mol. The molecule has 1 N–H and O–H groups in total. The maximum Gasteiger partial charge on any atom is 0.211 e. The molecule has 2 aromatic carbocycles. The first-order chi connectivity index (χ1) is 9.20. The number of ether oxygens (including phenoxy) is 1. The molecular formula is C14H11Cl2NO2. The third-order valence-corrected chi connectivity index (χ3v) is 3.09. The summed E-state index contributed by atoms with van der Waals surface area (Å²) < 4.78 is 5.65. The summed E-state index contributed by atoms with van der Waals surface area (Å²) in [6.45, 7) is 0.299. The predicted octanol–water partition coefficient (Wildman–Crippen LogP) is 4.14. The largest absolute Gasteiger partial charge is 0.487 e. The van der Waals surface area contributed by atoms with Crippen molar-refractivity contribution in [3.63, 3.8) is 0 Å². The molecule has 0 aromatic heterocycles. The molecule has 0 radical (unpaired) electrons. The topological polar surface area (TPSA) is 38.3 Å². The third kappa shape index (κ3) is 3.63. The van der Waals surface area contributed by atoms with E-state index in [1.165, 1.54) is 0 Å². The van der Waals surface area contributed by atoms with Crippen molar-refractivity contribution in [3.8, 4) is 5.75 Å². The van der Waals surface area contributed by atoms with Gasteiger partial charge in [0.25, 0.3) is 0 Å². The van der Waals surface area contributed by atoms with Gasteiger partial charge >= 0.3 is 0 Å². The fourth-order valence-corrected chi connectivity index (χ4v) is 2.03. The molecule has 0 bridgehead atoms. The lowest BCUT2D eigenvalue weighted by Crippen LogP contribution is -2.01. The molecule has 1 amide bonds. The molecule has 19 heavy (non-hydrogen) atoms. The fourth-order valence-electron chi connectivity index (χ4n) is 1.57. The Labute approximate surface area is 121 Å². The number of rotatable bonds is 5. The molecule has 3 nitrogen and oxygen atoms in total. The molecule has 0 atom stereocenters. The number of carbonyl (C=O) groups is 1. The lowest BCUT2D eigenvalue weighted by molar-refractivity contribution is -0.105. The van der Waals surface area contributed by atoms with Crippen molar-refractivity contribution in [2.75, 3.05) is 5.32 Å². The quantitative estimate of drug-likeness (QED) is 0.842. The number of amides is 1. The van der Waals surface area contributed by atoms with Crippen molar-refractivity contribution in [1.29, 1.82) is 0 Å². The van der Waals surface area contributed by atoms with Gasteiger partial charge in [0.1, 0.15) is 12.4 Å². The first-order valence-electron chi connectivity index (χ1n) is 5.56. The van der Waals surface area contributed by atoms with E-state index in [-0.39, 0.29) is 0 Å². The second-order valence-corrected chi connectivity index (χ2v) is 4.63. The van der Waals surface area contributed by atoms with E-state index < -0.39 is 0 Å². The van der Waals surface area contributed by atoms with Gasteiger partial charge in [0.15, 0.2) is 0 Å². The zero-order chi connectivity index (χ0) is 13.7.